The number of aromatic nitrogens is 2. The highest BCUT2D eigenvalue weighted by Gasteiger charge is 2.18. The third kappa shape index (κ3) is 2.40. The fourth-order valence-electron chi connectivity index (χ4n) is 1.68. The fourth-order valence-corrected chi connectivity index (χ4v) is 3.68. The Kier molecular flexibility index (Phi) is 3.66. The lowest BCUT2D eigenvalue weighted by molar-refractivity contribution is 0.466. The van der Waals surface area contributed by atoms with Gasteiger partial charge in [0.2, 0.25) is 0 Å². The molecular formula is C13H8ClN3OS2. The van der Waals surface area contributed by atoms with E-state index in [0.29, 0.717) is 16.1 Å². The largest absolute Gasteiger partial charge is 0.410 e. The second-order valence-electron chi connectivity index (χ2n) is 4.00. The van der Waals surface area contributed by atoms with Gasteiger partial charge in [-0.1, -0.05) is 29.8 Å². The van der Waals surface area contributed by atoms with E-state index in [1.807, 2.05) is 24.3 Å². The van der Waals surface area contributed by atoms with E-state index >= 15 is 0 Å². The Labute approximate surface area is 128 Å². The number of benzene rings is 1. The summed E-state index contributed by atoms with van der Waals surface area (Å²) in [6, 6.07) is 9.97. The molecule has 0 radical (unpaired) electrons. The Morgan fingerprint density at radius 3 is 2.95 bits per heavy atom. The van der Waals surface area contributed by atoms with Crippen molar-refractivity contribution in [1.82, 2.24) is 10.2 Å². The van der Waals surface area contributed by atoms with Gasteiger partial charge in [0.15, 0.2) is 0 Å². The highest BCUT2D eigenvalue weighted by atomic mass is 35.5. The third-order valence-electron chi connectivity index (χ3n) is 2.60. The lowest BCUT2D eigenvalue weighted by Crippen LogP contribution is -1.88. The Bertz CT molecular complexity index is 805. The summed E-state index contributed by atoms with van der Waals surface area (Å²) >= 11 is 9.10. The minimum Gasteiger partial charge on any atom is -0.410 e. The van der Waals surface area contributed by atoms with Gasteiger partial charge >= 0.3 is 0 Å². The molecule has 0 N–H and O–H groups in total. The smallest absolute Gasteiger partial charge is 0.278 e. The molecule has 0 aliphatic carbocycles. The van der Waals surface area contributed by atoms with Gasteiger partial charge in [-0.25, -0.2) is 0 Å². The summed E-state index contributed by atoms with van der Waals surface area (Å²) < 4.78 is 6.64. The van der Waals surface area contributed by atoms with Crippen LogP contribution in [0.4, 0.5) is 0 Å². The van der Waals surface area contributed by atoms with Crippen LogP contribution in [0.5, 0.6) is 0 Å². The summed E-state index contributed by atoms with van der Waals surface area (Å²) in [5.74, 6) is 0.392. The minimum atomic E-state index is -0.235. The van der Waals surface area contributed by atoms with Gasteiger partial charge in [-0.05, 0) is 24.8 Å². The molecule has 3 aromatic rings. The molecule has 0 saturated heterocycles. The van der Waals surface area contributed by atoms with E-state index < -0.39 is 0 Å². The average molecular weight is 322 g/mol. The van der Waals surface area contributed by atoms with Gasteiger partial charge in [0.25, 0.3) is 11.1 Å². The number of nitrogens with zero attached hydrogens (tertiary/aromatic N) is 3. The van der Waals surface area contributed by atoms with Gasteiger partial charge < -0.3 is 4.42 Å². The number of fused-ring (bicyclic) bond motifs is 1. The molecule has 0 aliphatic heterocycles. The normalized spacial score (nSPS) is 12.4. The summed E-state index contributed by atoms with van der Waals surface area (Å²) in [6.45, 7) is 1.78. The van der Waals surface area contributed by atoms with Crippen molar-refractivity contribution in [3.8, 4) is 16.8 Å². The SMILES string of the molecule is C[C@H](C#N)Sc1nnc(-c2sc3ccccc3c2Cl)o1. The second kappa shape index (κ2) is 5.44. The van der Waals surface area contributed by atoms with Crippen molar-refractivity contribution in [2.75, 3.05) is 0 Å². The van der Waals surface area contributed by atoms with Crippen molar-refractivity contribution >= 4 is 44.8 Å². The molecule has 0 spiro atoms. The molecule has 100 valence electrons. The van der Waals surface area contributed by atoms with Crippen LogP contribution in [-0.4, -0.2) is 15.4 Å². The second-order valence-corrected chi connectivity index (χ2v) is 6.73. The quantitative estimate of drug-likeness (QED) is 0.659. The van der Waals surface area contributed by atoms with Crippen molar-refractivity contribution in [3.63, 3.8) is 0 Å². The predicted octanol–water partition coefficient (Wildman–Crippen LogP) is 4.61. The maximum Gasteiger partial charge on any atom is 0.278 e. The predicted molar refractivity (Wildman–Crippen MR) is 81.1 cm³/mol. The first-order valence-electron chi connectivity index (χ1n) is 5.76. The van der Waals surface area contributed by atoms with Crippen molar-refractivity contribution in [1.29, 1.82) is 5.26 Å². The first-order chi connectivity index (χ1) is 9.69. The van der Waals surface area contributed by atoms with Crippen LogP contribution >= 0.6 is 34.7 Å². The van der Waals surface area contributed by atoms with Crippen molar-refractivity contribution in [3.05, 3.63) is 29.3 Å². The zero-order valence-corrected chi connectivity index (χ0v) is 12.7. The van der Waals surface area contributed by atoms with Gasteiger partial charge in [-0.15, -0.1) is 21.5 Å². The summed E-state index contributed by atoms with van der Waals surface area (Å²) in [4.78, 5) is 0.761. The van der Waals surface area contributed by atoms with Gasteiger partial charge in [0, 0.05) is 10.1 Å². The molecular weight excluding hydrogens is 314 g/mol. The van der Waals surface area contributed by atoms with E-state index in [1.54, 1.807) is 6.92 Å². The molecule has 2 heterocycles. The Balaban J connectivity index is 1.99. The molecule has 4 nitrogen and oxygen atoms in total. The minimum absolute atomic E-state index is 0.235. The molecule has 0 aliphatic rings. The Hall–Kier alpha value is -1.55. The number of hydrogen-bond acceptors (Lipinski definition) is 6. The van der Waals surface area contributed by atoms with Crippen LogP contribution in [0.25, 0.3) is 20.9 Å². The number of thioether (sulfide) groups is 1. The molecule has 3 rings (SSSR count). The monoisotopic (exact) mass is 321 g/mol. The molecule has 20 heavy (non-hydrogen) atoms. The van der Waals surface area contributed by atoms with Crippen LogP contribution in [0.3, 0.4) is 0 Å². The number of hydrogen-bond donors (Lipinski definition) is 0. The lowest BCUT2D eigenvalue weighted by Gasteiger charge is -1.94. The highest BCUT2D eigenvalue weighted by Crippen LogP contribution is 2.41. The maximum atomic E-state index is 8.78. The average Bonchev–Trinajstić information content (AvgIpc) is 3.04. The molecule has 0 saturated carbocycles. The van der Waals surface area contributed by atoms with E-state index in [1.165, 1.54) is 23.1 Å². The maximum absolute atomic E-state index is 8.78. The Morgan fingerprint density at radius 1 is 1.40 bits per heavy atom. The molecule has 0 amide bonds. The molecule has 1 aromatic carbocycles. The fraction of sp³-hybridized carbons (Fsp3) is 0.154. The van der Waals surface area contributed by atoms with Crippen LogP contribution < -0.4 is 0 Å². The molecule has 0 bridgehead atoms. The van der Waals surface area contributed by atoms with Gasteiger partial charge in [-0.2, -0.15) is 5.26 Å². The number of thiophene rings is 1. The van der Waals surface area contributed by atoms with Gasteiger partial charge in [0.05, 0.1) is 16.3 Å². The van der Waals surface area contributed by atoms with Crippen molar-refractivity contribution < 1.29 is 4.42 Å². The standard InChI is InChI=1S/C13H8ClN3OS2/c1-7(6-15)19-13-17-16-12(18-13)11-10(14)8-4-2-3-5-9(8)20-11/h2-5,7H,1H3/t7-/m1/s1. The summed E-state index contributed by atoms with van der Waals surface area (Å²) in [7, 11) is 0. The highest BCUT2D eigenvalue weighted by molar-refractivity contribution is 7.99. The van der Waals surface area contributed by atoms with Crippen LogP contribution in [0, 0.1) is 11.3 Å². The number of halogens is 1. The number of rotatable bonds is 3. The third-order valence-corrected chi connectivity index (χ3v) is 5.08. The lowest BCUT2D eigenvalue weighted by atomic mass is 10.2. The summed E-state index contributed by atoms with van der Waals surface area (Å²) in [5.41, 5.74) is 0. The van der Waals surface area contributed by atoms with E-state index in [-0.39, 0.29) is 5.25 Å². The topological polar surface area (TPSA) is 62.7 Å². The van der Waals surface area contributed by atoms with Crippen LogP contribution in [0.2, 0.25) is 5.02 Å². The Morgan fingerprint density at radius 2 is 2.20 bits per heavy atom. The molecule has 1 atom stereocenters. The molecule has 0 fully saturated rings. The van der Waals surface area contributed by atoms with Crippen LogP contribution in [0.1, 0.15) is 6.92 Å². The van der Waals surface area contributed by atoms with Gasteiger partial charge in [-0.3, -0.25) is 0 Å². The molecule has 0 unspecified atom stereocenters. The van der Waals surface area contributed by atoms with Crippen molar-refractivity contribution in [2.24, 2.45) is 0 Å². The first kappa shape index (κ1) is 13.4. The van der Waals surface area contributed by atoms with Crippen molar-refractivity contribution in [2.45, 2.75) is 17.4 Å². The van der Waals surface area contributed by atoms with E-state index in [4.69, 9.17) is 21.3 Å². The van der Waals surface area contributed by atoms with E-state index in [0.717, 1.165) is 15.0 Å². The molecule has 7 heteroatoms. The number of nitriles is 1. The van der Waals surface area contributed by atoms with Gasteiger partial charge in [0.1, 0.15) is 4.88 Å². The van der Waals surface area contributed by atoms with Crippen LogP contribution in [0.15, 0.2) is 33.9 Å². The van der Waals surface area contributed by atoms with Crippen LogP contribution in [-0.2, 0) is 0 Å². The van der Waals surface area contributed by atoms with E-state index in [2.05, 4.69) is 16.3 Å². The zero-order valence-electron chi connectivity index (χ0n) is 10.3. The summed E-state index contributed by atoms with van der Waals surface area (Å²) in [5, 5.41) is 18.5. The summed E-state index contributed by atoms with van der Waals surface area (Å²) in [6.07, 6.45) is 0. The molecule has 2 aromatic heterocycles. The first-order valence-corrected chi connectivity index (χ1v) is 7.83. The van der Waals surface area contributed by atoms with E-state index in [9.17, 15) is 0 Å². The zero-order chi connectivity index (χ0) is 14.1.